The van der Waals surface area contributed by atoms with Gasteiger partial charge in [-0.1, -0.05) is 35.5 Å². The summed E-state index contributed by atoms with van der Waals surface area (Å²) in [5, 5.41) is 20.4. The molecule has 3 N–H and O–H groups in total. The van der Waals surface area contributed by atoms with E-state index in [0.29, 0.717) is 40.8 Å². The van der Waals surface area contributed by atoms with Gasteiger partial charge in [0.1, 0.15) is 17.2 Å². The predicted octanol–water partition coefficient (Wildman–Crippen LogP) is 3.83. The number of amides is 1. The molecule has 3 aromatic heterocycles. The average molecular weight is 501 g/mol. The van der Waals surface area contributed by atoms with Crippen molar-refractivity contribution in [2.24, 2.45) is 0 Å². The number of rotatable bonds is 8. The lowest BCUT2D eigenvalue weighted by Gasteiger charge is -2.30. The Labute approximate surface area is 214 Å². The highest BCUT2D eigenvalue weighted by Crippen LogP contribution is 2.38. The van der Waals surface area contributed by atoms with Gasteiger partial charge in [0, 0.05) is 12.7 Å². The summed E-state index contributed by atoms with van der Waals surface area (Å²) in [5.41, 5.74) is 2.14. The van der Waals surface area contributed by atoms with Gasteiger partial charge in [-0.05, 0) is 45.4 Å². The molecule has 1 aromatic carbocycles. The van der Waals surface area contributed by atoms with Gasteiger partial charge in [-0.3, -0.25) is 4.79 Å². The predicted molar refractivity (Wildman–Crippen MR) is 137 cm³/mol. The Morgan fingerprint density at radius 1 is 1.08 bits per heavy atom. The second kappa shape index (κ2) is 9.58. The van der Waals surface area contributed by atoms with Crippen LogP contribution in [0.4, 0.5) is 17.6 Å². The van der Waals surface area contributed by atoms with E-state index in [0.717, 1.165) is 5.56 Å². The number of pyridine rings is 1. The molecular formula is C26H28N8O3. The van der Waals surface area contributed by atoms with Gasteiger partial charge in [0.05, 0.1) is 29.4 Å². The maximum Gasteiger partial charge on any atom is 0.263 e. The highest BCUT2D eigenvalue weighted by atomic mass is 16.5. The molecule has 1 aliphatic heterocycles. The Bertz CT molecular complexity index is 1440. The SMILES string of the molecule is CCN1C(=O)c2ccc(Nc3ncc(-c4nc(C)no4)c(N[C@H](CO)c4ccccc4)n3)nc2C1(C)C. The van der Waals surface area contributed by atoms with Gasteiger partial charge in [0.15, 0.2) is 5.82 Å². The number of anilines is 3. The zero-order valence-corrected chi connectivity index (χ0v) is 21.1. The van der Waals surface area contributed by atoms with Crippen LogP contribution in [0.15, 0.2) is 53.2 Å². The fourth-order valence-corrected chi connectivity index (χ4v) is 4.55. The average Bonchev–Trinajstić information content (AvgIpc) is 3.41. The number of fused-ring (bicyclic) bond motifs is 1. The molecular weight excluding hydrogens is 472 g/mol. The van der Waals surface area contributed by atoms with E-state index >= 15 is 0 Å². The van der Waals surface area contributed by atoms with Gasteiger partial charge < -0.3 is 25.2 Å². The number of nitrogens with zero attached hydrogens (tertiary/aromatic N) is 6. The Balaban J connectivity index is 1.49. The molecule has 0 aliphatic carbocycles. The molecule has 0 saturated carbocycles. The molecule has 4 aromatic rings. The maximum absolute atomic E-state index is 12.8. The van der Waals surface area contributed by atoms with E-state index in [4.69, 9.17) is 9.51 Å². The topological polar surface area (TPSA) is 142 Å². The summed E-state index contributed by atoms with van der Waals surface area (Å²) in [4.78, 5) is 32.7. The second-order valence-corrected chi connectivity index (χ2v) is 9.22. The third kappa shape index (κ3) is 4.49. The maximum atomic E-state index is 12.8. The Hall–Kier alpha value is -4.38. The molecule has 1 atom stereocenters. The van der Waals surface area contributed by atoms with Gasteiger partial charge in [-0.2, -0.15) is 9.97 Å². The lowest BCUT2D eigenvalue weighted by Crippen LogP contribution is -2.39. The molecule has 0 unspecified atom stereocenters. The number of aromatic nitrogens is 5. The molecule has 11 nitrogen and oxygen atoms in total. The molecule has 1 aliphatic rings. The summed E-state index contributed by atoms with van der Waals surface area (Å²) in [6.45, 7) is 8.07. The van der Waals surface area contributed by atoms with Crippen molar-refractivity contribution < 1.29 is 14.4 Å². The van der Waals surface area contributed by atoms with E-state index < -0.39 is 11.6 Å². The Morgan fingerprint density at radius 2 is 1.86 bits per heavy atom. The zero-order chi connectivity index (χ0) is 26.2. The normalized spacial score (nSPS) is 14.9. The van der Waals surface area contributed by atoms with Gasteiger partial charge in [-0.15, -0.1) is 0 Å². The van der Waals surface area contributed by atoms with E-state index in [9.17, 15) is 9.90 Å². The number of benzene rings is 1. The molecule has 0 fully saturated rings. The summed E-state index contributed by atoms with van der Waals surface area (Å²) in [6, 6.07) is 12.6. The van der Waals surface area contributed by atoms with Crippen molar-refractivity contribution in [2.45, 2.75) is 39.3 Å². The van der Waals surface area contributed by atoms with Crippen LogP contribution in [0.25, 0.3) is 11.5 Å². The van der Waals surface area contributed by atoms with E-state index in [1.807, 2.05) is 51.1 Å². The summed E-state index contributed by atoms with van der Waals surface area (Å²) in [7, 11) is 0. The quantitative estimate of drug-likeness (QED) is 0.327. The van der Waals surface area contributed by atoms with Gasteiger partial charge >= 0.3 is 0 Å². The number of carbonyl (C=O) groups is 1. The molecule has 190 valence electrons. The lowest BCUT2D eigenvalue weighted by molar-refractivity contribution is 0.0631. The number of carbonyl (C=O) groups excluding carboxylic acids is 1. The van der Waals surface area contributed by atoms with E-state index in [1.165, 1.54) is 0 Å². The molecule has 5 rings (SSSR count). The Morgan fingerprint density at radius 3 is 2.54 bits per heavy atom. The van der Waals surface area contributed by atoms with E-state index in [-0.39, 0.29) is 24.4 Å². The monoisotopic (exact) mass is 500 g/mol. The first-order chi connectivity index (χ1) is 17.8. The fraction of sp³-hybridized carbons (Fsp3) is 0.308. The standard InChI is InChI=1S/C26H28N8O3/c1-5-34-24(36)17-11-12-20(30-21(17)26(34,3)4)31-25-27-13-18(23-28-15(2)33-37-23)22(32-25)29-19(14-35)16-9-7-6-8-10-16/h6-13,19,35H,5,14H2,1-4H3,(H2,27,29,30,31,32)/t19-/m1/s1. The fourth-order valence-electron chi connectivity index (χ4n) is 4.55. The third-order valence-corrected chi connectivity index (χ3v) is 6.42. The summed E-state index contributed by atoms with van der Waals surface area (Å²) in [6.07, 6.45) is 1.57. The minimum Gasteiger partial charge on any atom is -0.394 e. The number of hydrogen-bond donors (Lipinski definition) is 3. The van der Waals surface area contributed by atoms with Crippen LogP contribution < -0.4 is 10.6 Å². The van der Waals surface area contributed by atoms with Crippen molar-refractivity contribution in [3.63, 3.8) is 0 Å². The van der Waals surface area contributed by atoms with Crippen LogP contribution in [-0.4, -0.2) is 54.2 Å². The largest absolute Gasteiger partial charge is 0.394 e. The molecule has 1 amide bonds. The van der Waals surface area contributed by atoms with Crippen molar-refractivity contribution in [1.29, 1.82) is 0 Å². The molecule has 0 bridgehead atoms. The molecule has 37 heavy (non-hydrogen) atoms. The van der Waals surface area contributed by atoms with Gasteiger partial charge in [0.25, 0.3) is 11.8 Å². The zero-order valence-electron chi connectivity index (χ0n) is 21.1. The molecule has 0 radical (unpaired) electrons. The van der Waals surface area contributed by atoms with Crippen LogP contribution in [0.5, 0.6) is 0 Å². The van der Waals surface area contributed by atoms with Crippen molar-refractivity contribution >= 4 is 23.5 Å². The number of aliphatic hydroxyl groups excluding tert-OH is 1. The second-order valence-electron chi connectivity index (χ2n) is 9.22. The molecule has 11 heteroatoms. The highest BCUT2D eigenvalue weighted by Gasteiger charge is 2.43. The van der Waals surface area contributed by atoms with Crippen LogP contribution in [0, 0.1) is 6.92 Å². The lowest BCUT2D eigenvalue weighted by atomic mass is 9.99. The van der Waals surface area contributed by atoms with Gasteiger partial charge in [0.2, 0.25) is 5.95 Å². The van der Waals surface area contributed by atoms with Crippen LogP contribution in [0.3, 0.4) is 0 Å². The van der Waals surface area contributed by atoms with Crippen LogP contribution >= 0.6 is 0 Å². The highest BCUT2D eigenvalue weighted by molar-refractivity contribution is 5.99. The van der Waals surface area contributed by atoms with Crippen LogP contribution in [0.2, 0.25) is 0 Å². The molecule has 4 heterocycles. The van der Waals surface area contributed by atoms with Crippen LogP contribution in [-0.2, 0) is 5.54 Å². The number of nitrogens with one attached hydrogen (secondary N) is 2. The van der Waals surface area contributed by atoms with Crippen molar-refractivity contribution in [3.05, 3.63) is 71.3 Å². The van der Waals surface area contributed by atoms with Crippen LogP contribution in [0.1, 0.15) is 54.3 Å². The first-order valence-corrected chi connectivity index (χ1v) is 12.0. The number of aliphatic hydroxyl groups is 1. The first kappa shape index (κ1) is 24.3. The Kier molecular flexibility index (Phi) is 6.30. The van der Waals surface area contributed by atoms with E-state index in [2.05, 4.69) is 30.7 Å². The molecule has 0 spiro atoms. The van der Waals surface area contributed by atoms with E-state index in [1.54, 1.807) is 30.2 Å². The number of aryl methyl sites for hydroxylation is 1. The van der Waals surface area contributed by atoms with Crippen molar-refractivity contribution in [1.82, 2.24) is 30.0 Å². The summed E-state index contributed by atoms with van der Waals surface area (Å²) < 4.78 is 5.36. The first-order valence-electron chi connectivity index (χ1n) is 12.0. The summed E-state index contributed by atoms with van der Waals surface area (Å²) >= 11 is 0. The minimum atomic E-state index is -0.532. The van der Waals surface area contributed by atoms with Crippen molar-refractivity contribution in [3.8, 4) is 11.5 Å². The minimum absolute atomic E-state index is 0.0283. The van der Waals surface area contributed by atoms with Gasteiger partial charge in [-0.25, -0.2) is 9.97 Å². The number of hydrogen-bond acceptors (Lipinski definition) is 10. The molecule has 0 saturated heterocycles. The summed E-state index contributed by atoms with van der Waals surface area (Å²) in [5.74, 6) is 1.88. The third-order valence-electron chi connectivity index (χ3n) is 6.42. The smallest absolute Gasteiger partial charge is 0.263 e. The van der Waals surface area contributed by atoms with Crippen molar-refractivity contribution in [2.75, 3.05) is 23.8 Å².